The molecule has 0 heterocycles. The molecule has 3 N–H and O–H groups in total. The Hall–Kier alpha value is -2.15. The molecule has 0 saturated carbocycles. The molecule has 0 saturated heterocycles. The molecule has 0 spiro atoms. The van der Waals surface area contributed by atoms with Gasteiger partial charge in [0.05, 0.1) is 5.54 Å². The van der Waals surface area contributed by atoms with Crippen molar-refractivity contribution in [3.63, 3.8) is 0 Å². The highest BCUT2D eigenvalue weighted by Gasteiger charge is 2.18. The fraction of sp³-hybridized carbons (Fsp3) is 0.250. The topological polar surface area (TPSA) is 69.6 Å². The van der Waals surface area contributed by atoms with Gasteiger partial charge in [-0.25, -0.2) is 0 Å². The predicted octanol–water partition coefficient (Wildman–Crippen LogP) is 1.24. The number of aromatic hydroxyl groups is 2. The Morgan fingerprint density at radius 2 is 1.81 bits per heavy atom. The van der Waals surface area contributed by atoms with E-state index in [1.165, 1.54) is 12.1 Å². The molecule has 1 amide bonds. The zero-order valence-electron chi connectivity index (χ0n) is 9.11. The Balaban J connectivity index is 2.94. The van der Waals surface area contributed by atoms with Crippen LogP contribution in [0.2, 0.25) is 0 Å². The molecule has 1 aromatic carbocycles. The summed E-state index contributed by atoms with van der Waals surface area (Å²) >= 11 is 0. The van der Waals surface area contributed by atoms with Gasteiger partial charge in [0.25, 0.3) is 5.91 Å². The van der Waals surface area contributed by atoms with Gasteiger partial charge in [-0.3, -0.25) is 4.79 Å². The molecule has 4 nitrogen and oxygen atoms in total. The molecule has 0 aromatic heterocycles. The van der Waals surface area contributed by atoms with E-state index in [1.54, 1.807) is 13.8 Å². The lowest BCUT2D eigenvalue weighted by Crippen LogP contribution is -2.42. The van der Waals surface area contributed by atoms with Crippen molar-refractivity contribution < 1.29 is 15.0 Å². The zero-order valence-corrected chi connectivity index (χ0v) is 9.11. The maximum Gasteiger partial charge on any atom is 0.252 e. The number of rotatable bonds is 2. The Labute approximate surface area is 93.9 Å². The summed E-state index contributed by atoms with van der Waals surface area (Å²) in [5.41, 5.74) is -0.626. The first kappa shape index (κ1) is 11.9. The summed E-state index contributed by atoms with van der Waals surface area (Å²) in [7, 11) is 0. The smallest absolute Gasteiger partial charge is 0.252 e. The molecule has 1 rings (SSSR count). The van der Waals surface area contributed by atoms with Gasteiger partial charge in [-0.1, -0.05) is 5.92 Å². The van der Waals surface area contributed by atoms with Gasteiger partial charge >= 0.3 is 0 Å². The van der Waals surface area contributed by atoms with E-state index in [0.29, 0.717) is 0 Å². The van der Waals surface area contributed by atoms with E-state index in [4.69, 9.17) is 6.42 Å². The molecule has 84 valence electrons. The van der Waals surface area contributed by atoms with Crippen molar-refractivity contribution >= 4 is 5.91 Å². The minimum Gasteiger partial charge on any atom is -0.508 e. The van der Waals surface area contributed by atoms with Crippen molar-refractivity contribution in [2.75, 3.05) is 0 Å². The number of phenolic OH excluding ortho intramolecular Hbond substituents is 2. The highest BCUT2D eigenvalue weighted by atomic mass is 16.3. The third-order valence-electron chi connectivity index (χ3n) is 1.95. The summed E-state index contributed by atoms with van der Waals surface area (Å²) in [6.45, 7) is 3.35. The van der Waals surface area contributed by atoms with Gasteiger partial charge < -0.3 is 15.5 Å². The average Bonchev–Trinajstić information content (AvgIpc) is 2.15. The lowest BCUT2D eigenvalue weighted by Gasteiger charge is -2.19. The van der Waals surface area contributed by atoms with Crippen molar-refractivity contribution in [2.24, 2.45) is 0 Å². The molecule has 0 bridgehead atoms. The molecule has 0 aliphatic rings. The standard InChI is InChI=1S/C12H13NO3/c1-4-12(2,3)13-11(16)8-5-9(14)7-10(15)6-8/h1,5-7,14-15H,2-3H3,(H,13,16). The van der Waals surface area contributed by atoms with Crippen LogP contribution in [0.5, 0.6) is 11.5 Å². The number of amides is 1. The van der Waals surface area contributed by atoms with E-state index in [1.807, 2.05) is 0 Å². The normalized spacial score (nSPS) is 10.6. The minimum absolute atomic E-state index is 0.154. The van der Waals surface area contributed by atoms with Gasteiger partial charge in [0.1, 0.15) is 11.5 Å². The van der Waals surface area contributed by atoms with Crippen molar-refractivity contribution in [2.45, 2.75) is 19.4 Å². The van der Waals surface area contributed by atoms with Crippen molar-refractivity contribution in [1.29, 1.82) is 0 Å². The van der Waals surface area contributed by atoms with Gasteiger partial charge in [-0.05, 0) is 26.0 Å². The summed E-state index contributed by atoms with van der Waals surface area (Å²) in [4.78, 5) is 11.7. The summed E-state index contributed by atoms with van der Waals surface area (Å²) in [5, 5.41) is 21.0. The fourth-order valence-corrected chi connectivity index (χ4v) is 1.12. The molecule has 0 radical (unpaired) electrons. The van der Waals surface area contributed by atoms with Crippen LogP contribution in [0.1, 0.15) is 24.2 Å². The first-order valence-electron chi connectivity index (χ1n) is 4.67. The van der Waals surface area contributed by atoms with Crippen LogP contribution in [0.25, 0.3) is 0 Å². The van der Waals surface area contributed by atoms with Crippen LogP contribution >= 0.6 is 0 Å². The first-order chi connectivity index (χ1) is 7.34. The van der Waals surface area contributed by atoms with Crippen molar-refractivity contribution in [1.82, 2.24) is 5.32 Å². The minimum atomic E-state index is -0.780. The van der Waals surface area contributed by atoms with E-state index < -0.39 is 11.4 Å². The maximum absolute atomic E-state index is 11.7. The number of hydrogen-bond donors (Lipinski definition) is 3. The number of phenols is 2. The highest BCUT2D eigenvalue weighted by molar-refractivity contribution is 5.95. The zero-order chi connectivity index (χ0) is 12.3. The van der Waals surface area contributed by atoms with Crippen LogP contribution in [0.15, 0.2) is 18.2 Å². The van der Waals surface area contributed by atoms with E-state index in [2.05, 4.69) is 11.2 Å². The van der Waals surface area contributed by atoms with E-state index in [0.717, 1.165) is 6.07 Å². The number of carbonyl (C=O) groups excluding carboxylic acids is 1. The van der Waals surface area contributed by atoms with Crippen molar-refractivity contribution in [3.8, 4) is 23.8 Å². The fourth-order valence-electron chi connectivity index (χ4n) is 1.12. The lowest BCUT2D eigenvalue weighted by molar-refractivity contribution is 0.0929. The molecule has 0 atom stereocenters. The van der Waals surface area contributed by atoms with Crippen LogP contribution in [0.4, 0.5) is 0 Å². The van der Waals surface area contributed by atoms with Crippen LogP contribution < -0.4 is 5.32 Å². The predicted molar refractivity (Wildman–Crippen MR) is 60.1 cm³/mol. The molecular weight excluding hydrogens is 206 g/mol. The molecule has 0 aliphatic carbocycles. The number of terminal acetylenes is 1. The van der Waals surface area contributed by atoms with Crippen LogP contribution in [-0.4, -0.2) is 21.7 Å². The maximum atomic E-state index is 11.7. The molecule has 1 aromatic rings. The van der Waals surface area contributed by atoms with Gasteiger partial charge in [-0.15, -0.1) is 6.42 Å². The van der Waals surface area contributed by atoms with Crippen LogP contribution in [0, 0.1) is 12.3 Å². The summed E-state index contributed by atoms with van der Waals surface area (Å²) < 4.78 is 0. The molecular formula is C12H13NO3. The third-order valence-corrected chi connectivity index (χ3v) is 1.95. The summed E-state index contributed by atoms with van der Waals surface area (Å²) in [6.07, 6.45) is 5.23. The first-order valence-corrected chi connectivity index (χ1v) is 4.67. The number of benzene rings is 1. The average molecular weight is 219 g/mol. The Morgan fingerprint density at radius 1 is 1.31 bits per heavy atom. The number of carbonyl (C=O) groups is 1. The van der Waals surface area contributed by atoms with E-state index in [9.17, 15) is 15.0 Å². The Morgan fingerprint density at radius 3 is 2.25 bits per heavy atom. The van der Waals surface area contributed by atoms with Gasteiger partial charge in [0.15, 0.2) is 0 Å². The van der Waals surface area contributed by atoms with Gasteiger partial charge in [-0.2, -0.15) is 0 Å². The quantitative estimate of drug-likeness (QED) is 0.655. The third kappa shape index (κ3) is 2.92. The molecule has 0 unspecified atom stereocenters. The van der Waals surface area contributed by atoms with Crippen LogP contribution in [0.3, 0.4) is 0 Å². The van der Waals surface area contributed by atoms with Gasteiger partial charge in [0, 0.05) is 11.6 Å². The SMILES string of the molecule is C#CC(C)(C)NC(=O)c1cc(O)cc(O)c1. The van der Waals surface area contributed by atoms with E-state index in [-0.39, 0.29) is 17.1 Å². The second-order valence-corrected chi connectivity index (χ2v) is 3.96. The highest BCUT2D eigenvalue weighted by Crippen LogP contribution is 2.20. The van der Waals surface area contributed by atoms with E-state index >= 15 is 0 Å². The molecule has 4 heteroatoms. The Bertz CT molecular complexity index is 438. The molecule has 0 fully saturated rings. The molecule has 0 aliphatic heterocycles. The Kier molecular flexibility index (Phi) is 3.09. The monoisotopic (exact) mass is 219 g/mol. The second kappa shape index (κ2) is 4.15. The molecule has 16 heavy (non-hydrogen) atoms. The van der Waals surface area contributed by atoms with Crippen molar-refractivity contribution in [3.05, 3.63) is 23.8 Å². The largest absolute Gasteiger partial charge is 0.508 e. The summed E-state index contributed by atoms with van der Waals surface area (Å²) in [5.74, 6) is 1.61. The van der Waals surface area contributed by atoms with Gasteiger partial charge in [0.2, 0.25) is 0 Å². The summed E-state index contributed by atoms with van der Waals surface area (Å²) in [6, 6.07) is 3.65. The van der Waals surface area contributed by atoms with Crippen LogP contribution in [-0.2, 0) is 0 Å². The number of nitrogens with one attached hydrogen (secondary N) is 1. The second-order valence-electron chi connectivity index (χ2n) is 3.96. The lowest BCUT2D eigenvalue weighted by atomic mass is 10.1. The number of hydrogen-bond acceptors (Lipinski definition) is 3.